The summed E-state index contributed by atoms with van der Waals surface area (Å²) in [6.45, 7) is 3.88. The van der Waals surface area contributed by atoms with Crippen molar-refractivity contribution in [1.29, 1.82) is 0 Å². The zero-order valence-electron chi connectivity index (χ0n) is 13.2. The van der Waals surface area contributed by atoms with E-state index in [4.69, 9.17) is 23.2 Å². The summed E-state index contributed by atoms with van der Waals surface area (Å²) in [4.78, 5) is 2.37. The Labute approximate surface area is 148 Å². The van der Waals surface area contributed by atoms with Gasteiger partial charge in [0, 0.05) is 27.7 Å². The van der Waals surface area contributed by atoms with Gasteiger partial charge in [0.2, 0.25) is 0 Å². The van der Waals surface area contributed by atoms with Crippen molar-refractivity contribution in [3.8, 4) is 11.8 Å². The highest BCUT2D eigenvalue weighted by molar-refractivity contribution is 6.35. The van der Waals surface area contributed by atoms with Gasteiger partial charge in [-0.05, 0) is 56.1 Å². The van der Waals surface area contributed by atoms with Gasteiger partial charge in [0.25, 0.3) is 0 Å². The predicted octanol–water partition coefficient (Wildman–Crippen LogP) is 5.32. The van der Waals surface area contributed by atoms with E-state index < -0.39 is 0 Å². The van der Waals surface area contributed by atoms with Crippen LogP contribution in [0.15, 0.2) is 42.5 Å². The summed E-state index contributed by atoms with van der Waals surface area (Å²) < 4.78 is 0. The average Bonchev–Trinajstić information content (AvgIpc) is 2.96. The minimum absolute atomic E-state index is 0.267. The molecule has 23 heavy (non-hydrogen) atoms. The number of hydrogen-bond acceptors (Lipinski definition) is 1. The predicted molar refractivity (Wildman–Crippen MR) is 98.0 cm³/mol. The Morgan fingerprint density at radius 1 is 1.13 bits per heavy atom. The fraction of sp³-hybridized carbons (Fsp3) is 0.300. The lowest BCUT2D eigenvalue weighted by molar-refractivity contribution is 0.288. The summed E-state index contributed by atoms with van der Waals surface area (Å²) in [5.74, 6) is 6.74. The van der Waals surface area contributed by atoms with Crippen molar-refractivity contribution in [2.24, 2.45) is 0 Å². The molecule has 0 aromatic heterocycles. The molecule has 3 heteroatoms. The smallest absolute Gasteiger partial charge is 0.0721 e. The van der Waals surface area contributed by atoms with Crippen LogP contribution in [-0.4, -0.2) is 17.5 Å². The first-order valence-electron chi connectivity index (χ1n) is 7.88. The number of hydrogen-bond donors (Lipinski definition) is 0. The average molecular weight is 344 g/mol. The number of benzene rings is 2. The normalized spacial score (nSPS) is 17.8. The number of nitrogens with zero attached hydrogens (tertiary/aromatic N) is 1. The molecule has 0 bridgehead atoms. The molecule has 1 nitrogen and oxygen atoms in total. The quantitative estimate of drug-likeness (QED) is 0.667. The molecule has 0 saturated carbocycles. The molecule has 2 aromatic rings. The van der Waals surface area contributed by atoms with E-state index in [0.717, 1.165) is 47.1 Å². The third-order valence-electron chi connectivity index (χ3n) is 4.19. The fourth-order valence-corrected chi connectivity index (χ4v) is 3.47. The van der Waals surface area contributed by atoms with Crippen LogP contribution in [0.1, 0.15) is 29.5 Å². The highest BCUT2D eigenvalue weighted by atomic mass is 35.5. The molecule has 0 radical (unpaired) electrons. The van der Waals surface area contributed by atoms with Crippen LogP contribution in [0.25, 0.3) is 0 Å². The van der Waals surface area contributed by atoms with E-state index in [9.17, 15) is 0 Å². The Bertz CT molecular complexity index is 737. The Balaban J connectivity index is 1.76. The lowest BCUT2D eigenvalue weighted by Gasteiger charge is -2.21. The molecule has 1 unspecified atom stereocenters. The molecule has 1 atom stereocenters. The van der Waals surface area contributed by atoms with E-state index in [1.54, 1.807) is 0 Å². The van der Waals surface area contributed by atoms with Crippen LogP contribution in [0.5, 0.6) is 0 Å². The highest BCUT2D eigenvalue weighted by Gasteiger charge is 2.24. The second-order valence-electron chi connectivity index (χ2n) is 5.97. The van der Waals surface area contributed by atoms with E-state index in [0.29, 0.717) is 0 Å². The summed E-state index contributed by atoms with van der Waals surface area (Å²) in [6, 6.07) is 14.3. The van der Waals surface area contributed by atoms with Crippen LogP contribution in [0.3, 0.4) is 0 Å². The number of aryl methyl sites for hydroxylation is 1. The van der Waals surface area contributed by atoms with E-state index in [-0.39, 0.29) is 6.04 Å². The van der Waals surface area contributed by atoms with Gasteiger partial charge in [-0.25, -0.2) is 0 Å². The fourth-order valence-electron chi connectivity index (χ4n) is 2.95. The molecule has 1 fully saturated rings. The number of rotatable bonds is 2. The van der Waals surface area contributed by atoms with Crippen molar-refractivity contribution in [2.75, 3.05) is 6.54 Å². The van der Waals surface area contributed by atoms with Crippen molar-refractivity contribution < 1.29 is 0 Å². The van der Waals surface area contributed by atoms with E-state index in [2.05, 4.69) is 47.9 Å². The van der Waals surface area contributed by atoms with Crippen molar-refractivity contribution >= 4 is 23.2 Å². The minimum atomic E-state index is 0.267. The van der Waals surface area contributed by atoms with Crippen LogP contribution in [0.4, 0.5) is 0 Å². The summed E-state index contributed by atoms with van der Waals surface area (Å²) in [7, 11) is 0. The van der Waals surface area contributed by atoms with Crippen LogP contribution >= 0.6 is 23.2 Å². The molecule has 1 aliphatic rings. The van der Waals surface area contributed by atoms with E-state index in [1.165, 1.54) is 5.56 Å². The maximum absolute atomic E-state index is 6.30. The Morgan fingerprint density at radius 2 is 1.87 bits per heavy atom. The third-order valence-corrected chi connectivity index (χ3v) is 4.90. The lowest BCUT2D eigenvalue weighted by atomic mass is 10.1. The largest absolute Gasteiger partial charge is 0.285 e. The van der Waals surface area contributed by atoms with E-state index in [1.807, 2.05) is 18.2 Å². The molecule has 2 aromatic carbocycles. The second kappa shape index (κ2) is 7.41. The van der Waals surface area contributed by atoms with Crippen molar-refractivity contribution in [3.63, 3.8) is 0 Å². The van der Waals surface area contributed by atoms with Crippen molar-refractivity contribution in [1.82, 2.24) is 4.90 Å². The topological polar surface area (TPSA) is 3.24 Å². The minimum Gasteiger partial charge on any atom is -0.285 e. The molecule has 0 N–H and O–H groups in total. The molecule has 3 rings (SSSR count). The maximum atomic E-state index is 6.30. The molecule has 0 aliphatic carbocycles. The molecule has 1 saturated heterocycles. The van der Waals surface area contributed by atoms with Crippen LogP contribution in [0.2, 0.25) is 10.0 Å². The van der Waals surface area contributed by atoms with Gasteiger partial charge in [0.1, 0.15) is 0 Å². The molecule has 0 spiro atoms. The van der Waals surface area contributed by atoms with Crippen LogP contribution in [-0.2, 0) is 6.54 Å². The molecule has 1 heterocycles. The standard InChI is InChI=1S/C20H19Cl2N/c1-15-5-2-6-16(13-15)10-11-17-7-4-12-23(17)14-18-19(21)8-3-9-20(18)22/h2-3,5-6,8-9,13,17H,4,7,12,14H2,1H3. The summed E-state index contributed by atoms with van der Waals surface area (Å²) >= 11 is 12.6. The summed E-state index contributed by atoms with van der Waals surface area (Å²) in [5, 5.41) is 1.46. The van der Waals surface area contributed by atoms with Gasteiger partial charge < -0.3 is 0 Å². The molecule has 1 aliphatic heterocycles. The zero-order chi connectivity index (χ0) is 16.2. The zero-order valence-corrected chi connectivity index (χ0v) is 14.7. The van der Waals surface area contributed by atoms with Crippen LogP contribution < -0.4 is 0 Å². The van der Waals surface area contributed by atoms with Gasteiger partial charge in [0.15, 0.2) is 0 Å². The first-order valence-corrected chi connectivity index (χ1v) is 8.64. The molecule has 0 amide bonds. The van der Waals surface area contributed by atoms with Crippen molar-refractivity contribution in [2.45, 2.75) is 32.4 Å². The van der Waals surface area contributed by atoms with E-state index >= 15 is 0 Å². The van der Waals surface area contributed by atoms with Gasteiger partial charge in [0.05, 0.1) is 6.04 Å². The third kappa shape index (κ3) is 4.09. The monoisotopic (exact) mass is 343 g/mol. The van der Waals surface area contributed by atoms with Crippen LogP contribution in [0, 0.1) is 18.8 Å². The number of likely N-dealkylation sites (tertiary alicyclic amines) is 1. The summed E-state index contributed by atoms with van der Waals surface area (Å²) in [5.41, 5.74) is 3.32. The second-order valence-corrected chi connectivity index (χ2v) is 6.78. The van der Waals surface area contributed by atoms with Gasteiger partial charge >= 0.3 is 0 Å². The van der Waals surface area contributed by atoms with Crippen molar-refractivity contribution in [3.05, 3.63) is 69.2 Å². The van der Waals surface area contributed by atoms with Gasteiger partial charge in [-0.1, -0.05) is 53.2 Å². The molecule has 118 valence electrons. The molecular formula is C20H19Cl2N. The van der Waals surface area contributed by atoms with Gasteiger partial charge in [-0.3, -0.25) is 4.90 Å². The Hall–Kier alpha value is -1.46. The SMILES string of the molecule is Cc1cccc(C#CC2CCCN2Cc2c(Cl)cccc2Cl)c1. The summed E-state index contributed by atoms with van der Waals surface area (Å²) in [6.07, 6.45) is 2.26. The van der Waals surface area contributed by atoms with Gasteiger partial charge in [-0.2, -0.15) is 0 Å². The molecular weight excluding hydrogens is 325 g/mol. The highest BCUT2D eigenvalue weighted by Crippen LogP contribution is 2.28. The number of halogens is 2. The Morgan fingerprint density at radius 3 is 2.61 bits per heavy atom. The maximum Gasteiger partial charge on any atom is 0.0721 e. The van der Waals surface area contributed by atoms with Gasteiger partial charge in [-0.15, -0.1) is 0 Å². The first-order chi connectivity index (χ1) is 11.1. The first kappa shape index (κ1) is 16.4. The Kier molecular flexibility index (Phi) is 5.28. The lowest BCUT2D eigenvalue weighted by Crippen LogP contribution is -2.27.